The van der Waals surface area contributed by atoms with E-state index in [0.29, 0.717) is 30.0 Å². The summed E-state index contributed by atoms with van der Waals surface area (Å²) in [5.74, 6) is 2.78. The molecule has 0 aliphatic heterocycles. The van der Waals surface area contributed by atoms with Crippen molar-refractivity contribution >= 4 is 0 Å². The van der Waals surface area contributed by atoms with Gasteiger partial charge in [0, 0.05) is 26.2 Å². The molecule has 1 N–H and O–H groups in total. The molecule has 0 rings (SSSR count). The minimum atomic E-state index is 0.347. The lowest BCUT2D eigenvalue weighted by Gasteiger charge is -2.42. The Labute approximate surface area is 134 Å². The van der Waals surface area contributed by atoms with E-state index in [1.165, 1.54) is 0 Å². The molecule has 3 heteroatoms. The molecule has 0 saturated heterocycles. The van der Waals surface area contributed by atoms with Gasteiger partial charge in [0.15, 0.2) is 0 Å². The van der Waals surface area contributed by atoms with Gasteiger partial charge in [-0.25, -0.2) is 0 Å². The maximum atomic E-state index is 3.58. The van der Waals surface area contributed by atoms with Crippen LogP contribution in [0.2, 0.25) is 0 Å². The fraction of sp³-hybridized carbons (Fsp3) is 1.00. The highest BCUT2D eigenvalue weighted by Crippen LogP contribution is 2.14. The summed E-state index contributed by atoms with van der Waals surface area (Å²) in [5.41, 5.74) is 0. The van der Waals surface area contributed by atoms with Gasteiger partial charge in [-0.3, -0.25) is 15.1 Å². The molecule has 0 radical (unpaired) electrons. The summed E-state index contributed by atoms with van der Waals surface area (Å²) < 4.78 is 0. The van der Waals surface area contributed by atoms with E-state index in [4.69, 9.17) is 0 Å². The van der Waals surface area contributed by atoms with Gasteiger partial charge in [0.25, 0.3) is 0 Å². The highest BCUT2D eigenvalue weighted by Gasteiger charge is 2.26. The third-order valence-corrected chi connectivity index (χ3v) is 3.35. The standard InChI is InChI=1S/C18H41N3/c1-14(2)10-20(11-15(3)4)18(19-9)21(12-16(5)6)13-17(7)8/h14-19H,10-13H2,1-9H3. The smallest absolute Gasteiger partial charge is 0.116 e. The van der Waals surface area contributed by atoms with Crippen LogP contribution >= 0.6 is 0 Å². The third-order valence-electron chi connectivity index (χ3n) is 3.35. The topological polar surface area (TPSA) is 18.5 Å². The summed E-state index contributed by atoms with van der Waals surface area (Å²) in [6.45, 7) is 23.1. The van der Waals surface area contributed by atoms with Crippen molar-refractivity contribution in [2.75, 3.05) is 33.2 Å². The molecular weight excluding hydrogens is 258 g/mol. The number of rotatable bonds is 11. The quantitative estimate of drug-likeness (QED) is 0.587. The monoisotopic (exact) mass is 299 g/mol. The van der Waals surface area contributed by atoms with Crippen molar-refractivity contribution in [2.45, 2.75) is 61.7 Å². The average Bonchev–Trinajstić information content (AvgIpc) is 2.25. The van der Waals surface area contributed by atoms with Crippen LogP contribution in [0.3, 0.4) is 0 Å². The number of hydrogen-bond donors (Lipinski definition) is 1. The minimum absolute atomic E-state index is 0.347. The van der Waals surface area contributed by atoms with Crippen molar-refractivity contribution in [1.29, 1.82) is 0 Å². The molecule has 0 bridgehead atoms. The van der Waals surface area contributed by atoms with Gasteiger partial charge >= 0.3 is 0 Å². The molecule has 21 heavy (non-hydrogen) atoms. The van der Waals surface area contributed by atoms with Gasteiger partial charge in [-0.1, -0.05) is 55.4 Å². The second kappa shape index (κ2) is 10.6. The van der Waals surface area contributed by atoms with E-state index < -0.39 is 0 Å². The number of hydrogen-bond acceptors (Lipinski definition) is 3. The second-order valence-corrected chi connectivity index (χ2v) is 8.15. The predicted molar refractivity (Wildman–Crippen MR) is 95.3 cm³/mol. The first kappa shape index (κ1) is 20.9. The molecule has 0 fully saturated rings. The molecule has 0 aromatic rings. The van der Waals surface area contributed by atoms with Gasteiger partial charge in [-0.05, 0) is 30.7 Å². The third kappa shape index (κ3) is 9.49. The molecule has 0 heterocycles. The summed E-state index contributed by atoms with van der Waals surface area (Å²) in [5, 5.41) is 3.58. The van der Waals surface area contributed by atoms with E-state index in [1.54, 1.807) is 0 Å². The fourth-order valence-corrected chi connectivity index (χ4v) is 3.02. The van der Waals surface area contributed by atoms with Crippen molar-refractivity contribution in [1.82, 2.24) is 15.1 Å². The average molecular weight is 300 g/mol. The maximum Gasteiger partial charge on any atom is 0.116 e. The Hall–Kier alpha value is -0.120. The zero-order chi connectivity index (χ0) is 16.6. The fourth-order valence-electron chi connectivity index (χ4n) is 3.02. The van der Waals surface area contributed by atoms with Gasteiger partial charge in [0.05, 0.1) is 0 Å². The highest BCUT2D eigenvalue weighted by molar-refractivity contribution is 4.75. The lowest BCUT2D eigenvalue weighted by atomic mass is 10.1. The molecule has 3 nitrogen and oxygen atoms in total. The normalized spacial score (nSPS) is 13.1. The summed E-state index contributed by atoms with van der Waals surface area (Å²) >= 11 is 0. The first-order valence-electron chi connectivity index (χ1n) is 8.82. The maximum absolute atomic E-state index is 3.58. The summed E-state index contributed by atoms with van der Waals surface area (Å²) in [6, 6.07) is 0. The van der Waals surface area contributed by atoms with Crippen molar-refractivity contribution in [3.63, 3.8) is 0 Å². The van der Waals surface area contributed by atoms with Crippen LogP contribution in [0.25, 0.3) is 0 Å². The first-order valence-corrected chi connectivity index (χ1v) is 8.82. The molecule has 0 aromatic carbocycles. The Morgan fingerprint density at radius 2 is 0.810 bits per heavy atom. The van der Waals surface area contributed by atoms with E-state index in [2.05, 4.69) is 77.6 Å². The largest absolute Gasteiger partial charge is 0.292 e. The van der Waals surface area contributed by atoms with E-state index in [0.717, 1.165) is 26.2 Å². The van der Waals surface area contributed by atoms with Crippen LogP contribution in [0.4, 0.5) is 0 Å². The van der Waals surface area contributed by atoms with Crippen molar-refractivity contribution < 1.29 is 0 Å². The summed E-state index contributed by atoms with van der Waals surface area (Å²) in [7, 11) is 2.10. The molecule has 128 valence electrons. The molecule has 0 amide bonds. The zero-order valence-electron chi connectivity index (χ0n) is 16.1. The van der Waals surface area contributed by atoms with Gasteiger partial charge in [-0.2, -0.15) is 0 Å². The minimum Gasteiger partial charge on any atom is -0.292 e. The van der Waals surface area contributed by atoms with Crippen molar-refractivity contribution in [3.05, 3.63) is 0 Å². The number of nitrogens with one attached hydrogen (secondary N) is 1. The SMILES string of the molecule is CNC(N(CC(C)C)CC(C)C)N(CC(C)C)CC(C)C. The Morgan fingerprint density at radius 1 is 0.571 bits per heavy atom. The Kier molecular flexibility index (Phi) is 10.5. The molecule has 0 atom stereocenters. The Balaban J connectivity index is 5.09. The van der Waals surface area contributed by atoms with E-state index in [-0.39, 0.29) is 0 Å². The Bertz CT molecular complexity index is 205. The lowest BCUT2D eigenvalue weighted by Crippen LogP contribution is -2.58. The second-order valence-electron chi connectivity index (χ2n) is 8.15. The zero-order valence-corrected chi connectivity index (χ0v) is 16.1. The van der Waals surface area contributed by atoms with Gasteiger partial charge in [-0.15, -0.1) is 0 Å². The van der Waals surface area contributed by atoms with Crippen molar-refractivity contribution in [3.8, 4) is 0 Å². The van der Waals surface area contributed by atoms with Gasteiger partial charge < -0.3 is 0 Å². The van der Waals surface area contributed by atoms with Crippen LogP contribution < -0.4 is 5.32 Å². The van der Waals surface area contributed by atoms with Crippen LogP contribution in [0.15, 0.2) is 0 Å². The molecule has 0 spiro atoms. The summed E-state index contributed by atoms with van der Waals surface area (Å²) in [6.07, 6.45) is 0.347. The van der Waals surface area contributed by atoms with E-state index in [9.17, 15) is 0 Å². The molecule has 0 unspecified atom stereocenters. The van der Waals surface area contributed by atoms with Gasteiger partial charge in [0.1, 0.15) is 6.29 Å². The van der Waals surface area contributed by atoms with Gasteiger partial charge in [0.2, 0.25) is 0 Å². The molecule has 0 aromatic heterocycles. The first-order chi connectivity index (χ1) is 9.67. The predicted octanol–water partition coefficient (Wildman–Crippen LogP) is 3.72. The van der Waals surface area contributed by atoms with E-state index >= 15 is 0 Å². The van der Waals surface area contributed by atoms with E-state index in [1.807, 2.05) is 0 Å². The van der Waals surface area contributed by atoms with Crippen molar-refractivity contribution in [2.24, 2.45) is 23.7 Å². The molecule has 0 aliphatic rings. The highest BCUT2D eigenvalue weighted by atomic mass is 15.4. The van der Waals surface area contributed by atoms with Crippen LogP contribution in [0.1, 0.15) is 55.4 Å². The Morgan fingerprint density at radius 3 is 0.952 bits per heavy atom. The number of nitrogens with zero attached hydrogens (tertiary/aromatic N) is 2. The van der Waals surface area contributed by atoms with Crippen LogP contribution in [0, 0.1) is 23.7 Å². The molecule has 0 aliphatic carbocycles. The molecular formula is C18H41N3. The van der Waals surface area contributed by atoms with Crippen LogP contribution in [-0.2, 0) is 0 Å². The summed E-state index contributed by atoms with van der Waals surface area (Å²) in [4.78, 5) is 5.25. The van der Waals surface area contributed by atoms with Crippen LogP contribution in [-0.4, -0.2) is 49.3 Å². The van der Waals surface area contributed by atoms with Crippen LogP contribution in [0.5, 0.6) is 0 Å². The lowest BCUT2D eigenvalue weighted by molar-refractivity contribution is -0.00469. The molecule has 0 saturated carbocycles.